The van der Waals surface area contributed by atoms with Crippen molar-refractivity contribution in [3.05, 3.63) is 43.5 Å². The molecule has 1 aromatic heterocycles. The van der Waals surface area contributed by atoms with Crippen LogP contribution >= 0.6 is 43.2 Å². The molecule has 0 aliphatic carbocycles. The van der Waals surface area contributed by atoms with E-state index < -0.39 is 0 Å². The van der Waals surface area contributed by atoms with Gasteiger partial charge in [-0.15, -0.1) is 11.3 Å². The van der Waals surface area contributed by atoms with Gasteiger partial charge < -0.3 is 4.74 Å². The molecule has 0 fully saturated rings. The van der Waals surface area contributed by atoms with Crippen molar-refractivity contribution in [1.29, 1.82) is 0 Å². The lowest BCUT2D eigenvalue weighted by Gasteiger charge is -2.01. The molecular formula is C14H12Br2FN3O2S. The smallest absolute Gasteiger partial charge is 0.311 e. The van der Waals surface area contributed by atoms with Crippen LogP contribution < -0.4 is 5.43 Å². The Morgan fingerprint density at radius 2 is 2.30 bits per heavy atom. The van der Waals surface area contributed by atoms with Gasteiger partial charge in [-0.05, 0) is 50.9 Å². The normalized spacial score (nSPS) is 11.0. The van der Waals surface area contributed by atoms with Gasteiger partial charge in [0.05, 0.1) is 24.9 Å². The Morgan fingerprint density at radius 1 is 1.52 bits per heavy atom. The highest BCUT2D eigenvalue weighted by molar-refractivity contribution is 9.13. The standard InChI is InChI=1S/C14H12Br2FN3O2S/c1-2-22-12(21)5-10-7-23-14(19-10)20-18-6-8-3-9(17)4-11(15)13(8)16/h3-4,6-7H,2,5H2,1H3,(H,19,20). The maximum atomic E-state index is 13.4. The van der Waals surface area contributed by atoms with E-state index in [4.69, 9.17) is 4.74 Å². The number of ether oxygens (including phenoxy) is 1. The Morgan fingerprint density at radius 3 is 3.04 bits per heavy atom. The van der Waals surface area contributed by atoms with Crippen molar-refractivity contribution < 1.29 is 13.9 Å². The van der Waals surface area contributed by atoms with E-state index in [1.807, 2.05) is 0 Å². The van der Waals surface area contributed by atoms with Gasteiger partial charge in [0.1, 0.15) is 5.82 Å². The van der Waals surface area contributed by atoms with E-state index in [0.717, 1.165) is 0 Å². The Kier molecular flexibility index (Phi) is 6.67. The highest BCUT2D eigenvalue weighted by Gasteiger charge is 2.08. The number of thiazole rings is 1. The van der Waals surface area contributed by atoms with Crippen LogP contribution in [0.2, 0.25) is 0 Å². The number of benzene rings is 1. The number of hydrogen-bond donors (Lipinski definition) is 1. The summed E-state index contributed by atoms with van der Waals surface area (Å²) in [6.45, 7) is 2.10. The SMILES string of the molecule is CCOC(=O)Cc1csc(NN=Cc2cc(F)cc(Br)c2Br)n1. The van der Waals surface area contributed by atoms with Crippen LogP contribution in [0.1, 0.15) is 18.2 Å². The quantitative estimate of drug-likeness (QED) is 0.298. The van der Waals surface area contributed by atoms with Gasteiger partial charge in [0, 0.05) is 19.9 Å². The molecule has 23 heavy (non-hydrogen) atoms. The first-order valence-electron chi connectivity index (χ1n) is 6.53. The molecule has 0 aliphatic rings. The summed E-state index contributed by atoms with van der Waals surface area (Å²) in [5.41, 5.74) is 3.94. The topological polar surface area (TPSA) is 63.6 Å². The van der Waals surface area contributed by atoms with Crippen molar-refractivity contribution in [2.24, 2.45) is 5.10 Å². The minimum absolute atomic E-state index is 0.123. The molecule has 2 aromatic rings. The van der Waals surface area contributed by atoms with E-state index >= 15 is 0 Å². The molecule has 1 N–H and O–H groups in total. The molecule has 2 rings (SSSR count). The number of halogens is 3. The summed E-state index contributed by atoms with van der Waals surface area (Å²) in [7, 11) is 0. The van der Waals surface area contributed by atoms with E-state index in [0.29, 0.717) is 31.9 Å². The molecule has 9 heteroatoms. The first-order valence-corrected chi connectivity index (χ1v) is 8.99. The van der Waals surface area contributed by atoms with Gasteiger partial charge >= 0.3 is 5.97 Å². The summed E-state index contributed by atoms with van der Waals surface area (Å²) in [4.78, 5) is 15.6. The number of hydrogen-bond acceptors (Lipinski definition) is 6. The number of esters is 1. The lowest BCUT2D eigenvalue weighted by molar-refractivity contribution is -0.142. The van der Waals surface area contributed by atoms with Gasteiger partial charge in [-0.25, -0.2) is 9.37 Å². The summed E-state index contributed by atoms with van der Waals surface area (Å²) in [5.74, 6) is -0.686. The summed E-state index contributed by atoms with van der Waals surface area (Å²) in [5, 5.41) is 6.31. The van der Waals surface area contributed by atoms with E-state index in [1.165, 1.54) is 29.7 Å². The average Bonchev–Trinajstić information content (AvgIpc) is 2.91. The minimum Gasteiger partial charge on any atom is -0.466 e. The Balaban J connectivity index is 1.99. The molecule has 1 heterocycles. The molecule has 1 aromatic carbocycles. The van der Waals surface area contributed by atoms with Gasteiger partial charge in [-0.1, -0.05) is 0 Å². The van der Waals surface area contributed by atoms with Gasteiger partial charge in [-0.2, -0.15) is 5.10 Å². The highest BCUT2D eigenvalue weighted by Crippen LogP contribution is 2.27. The second-order valence-corrected chi connectivity index (χ2v) is 6.79. The summed E-state index contributed by atoms with van der Waals surface area (Å²) < 4.78 is 19.5. The average molecular weight is 465 g/mol. The first kappa shape index (κ1) is 18.0. The third kappa shape index (κ3) is 5.36. The van der Waals surface area contributed by atoms with Crippen LogP contribution in [0.5, 0.6) is 0 Å². The van der Waals surface area contributed by atoms with E-state index in [1.54, 1.807) is 12.3 Å². The molecule has 0 aliphatic heterocycles. The number of anilines is 1. The number of carbonyl (C=O) groups excluding carboxylic acids is 1. The van der Waals surface area contributed by atoms with Crippen LogP contribution in [0.15, 0.2) is 31.6 Å². The van der Waals surface area contributed by atoms with Gasteiger partial charge in [0.15, 0.2) is 0 Å². The summed E-state index contributed by atoms with van der Waals surface area (Å²) in [6, 6.07) is 2.71. The second kappa shape index (κ2) is 8.51. The van der Waals surface area contributed by atoms with E-state index in [2.05, 4.69) is 47.4 Å². The first-order chi connectivity index (χ1) is 11.0. The lowest BCUT2D eigenvalue weighted by atomic mass is 10.2. The molecule has 5 nitrogen and oxygen atoms in total. The van der Waals surface area contributed by atoms with Gasteiger partial charge in [0.25, 0.3) is 0 Å². The Hall–Kier alpha value is -1.32. The third-order valence-electron chi connectivity index (χ3n) is 2.57. The monoisotopic (exact) mass is 463 g/mol. The minimum atomic E-state index is -0.368. The molecule has 122 valence electrons. The van der Waals surface area contributed by atoms with Crippen LogP contribution in [-0.2, 0) is 16.0 Å². The molecule has 0 saturated heterocycles. The third-order valence-corrected chi connectivity index (χ3v) is 5.41. The Bertz CT molecular complexity index is 737. The molecule has 0 unspecified atom stereocenters. The fourth-order valence-electron chi connectivity index (χ4n) is 1.63. The predicted octanol–water partition coefficient (Wildman–Crippen LogP) is 4.36. The van der Waals surface area contributed by atoms with Crippen molar-refractivity contribution in [2.75, 3.05) is 12.0 Å². The Labute approximate surface area is 153 Å². The zero-order valence-electron chi connectivity index (χ0n) is 12.0. The van der Waals surface area contributed by atoms with Gasteiger partial charge in [0.2, 0.25) is 5.13 Å². The van der Waals surface area contributed by atoms with Crippen LogP contribution in [0.4, 0.5) is 9.52 Å². The van der Waals surface area contributed by atoms with Crippen molar-refractivity contribution in [3.8, 4) is 0 Å². The predicted molar refractivity (Wildman–Crippen MR) is 95.5 cm³/mol. The fourth-order valence-corrected chi connectivity index (χ4v) is 3.06. The fraction of sp³-hybridized carbons (Fsp3) is 0.214. The molecule has 0 amide bonds. The molecular weight excluding hydrogens is 453 g/mol. The number of rotatable bonds is 6. The number of hydrazone groups is 1. The zero-order valence-corrected chi connectivity index (χ0v) is 16.0. The van der Waals surface area contributed by atoms with Crippen LogP contribution in [0, 0.1) is 5.82 Å². The number of aromatic nitrogens is 1. The van der Waals surface area contributed by atoms with E-state index in [9.17, 15) is 9.18 Å². The maximum Gasteiger partial charge on any atom is 0.311 e. The second-order valence-electron chi connectivity index (χ2n) is 4.29. The molecule has 0 spiro atoms. The number of carbonyl (C=O) groups is 1. The summed E-state index contributed by atoms with van der Waals surface area (Å²) >= 11 is 7.92. The summed E-state index contributed by atoms with van der Waals surface area (Å²) in [6.07, 6.45) is 1.60. The van der Waals surface area contributed by atoms with Crippen LogP contribution in [0.3, 0.4) is 0 Å². The maximum absolute atomic E-state index is 13.4. The molecule has 0 radical (unpaired) electrons. The molecule has 0 bridgehead atoms. The van der Waals surface area contributed by atoms with Crippen molar-refractivity contribution >= 4 is 60.5 Å². The number of nitrogens with zero attached hydrogens (tertiary/aromatic N) is 2. The zero-order chi connectivity index (χ0) is 16.8. The highest BCUT2D eigenvalue weighted by atomic mass is 79.9. The lowest BCUT2D eigenvalue weighted by Crippen LogP contribution is -2.07. The number of nitrogens with one attached hydrogen (secondary N) is 1. The van der Waals surface area contributed by atoms with Crippen molar-refractivity contribution in [1.82, 2.24) is 4.98 Å². The van der Waals surface area contributed by atoms with Gasteiger partial charge in [-0.3, -0.25) is 10.2 Å². The largest absolute Gasteiger partial charge is 0.466 e. The van der Waals surface area contributed by atoms with Crippen molar-refractivity contribution in [3.63, 3.8) is 0 Å². The van der Waals surface area contributed by atoms with Crippen LogP contribution in [0.25, 0.3) is 0 Å². The molecule has 0 atom stereocenters. The van der Waals surface area contributed by atoms with E-state index in [-0.39, 0.29) is 18.2 Å². The van der Waals surface area contributed by atoms with Crippen LogP contribution in [-0.4, -0.2) is 23.8 Å². The van der Waals surface area contributed by atoms with Crippen molar-refractivity contribution in [2.45, 2.75) is 13.3 Å². The molecule has 0 saturated carbocycles.